The molecule has 0 bridgehead atoms. The van der Waals surface area contributed by atoms with Gasteiger partial charge in [-0.1, -0.05) is 18.2 Å². The van der Waals surface area contributed by atoms with Crippen LogP contribution in [0, 0.1) is 5.92 Å². The average Bonchev–Trinajstić information content (AvgIpc) is 3.07. The first-order valence-electron chi connectivity index (χ1n) is 8.51. The second kappa shape index (κ2) is 6.61. The molecule has 0 atom stereocenters. The van der Waals surface area contributed by atoms with Crippen LogP contribution in [0.25, 0.3) is 0 Å². The zero-order valence-corrected chi connectivity index (χ0v) is 13.6. The highest BCUT2D eigenvalue weighted by Gasteiger charge is 2.23. The summed E-state index contributed by atoms with van der Waals surface area (Å²) in [5.41, 5.74) is 3.34. The van der Waals surface area contributed by atoms with E-state index >= 15 is 0 Å². The van der Waals surface area contributed by atoms with Crippen LogP contribution in [0.1, 0.15) is 18.4 Å². The van der Waals surface area contributed by atoms with Gasteiger partial charge in [-0.05, 0) is 43.0 Å². The molecule has 2 aliphatic rings. The fraction of sp³-hybridized carbons (Fsp3) is 0.368. The number of pyridine rings is 1. The van der Waals surface area contributed by atoms with Gasteiger partial charge in [-0.25, -0.2) is 4.98 Å². The number of aromatic nitrogens is 1. The van der Waals surface area contributed by atoms with Gasteiger partial charge in [0.15, 0.2) is 0 Å². The molecule has 5 heteroatoms. The number of anilines is 3. The van der Waals surface area contributed by atoms with Crippen molar-refractivity contribution in [2.45, 2.75) is 19.3 Å². The zero-order chi connectivity index (χ0) is 16.4. The Kier molecular flexibility index (Phi) is 4.17. The molecule has 3 heterocycles. The number of rotatable bonds is 3. The molecule has 0 radical (unpaired) electrons. The third kappa shape index (κ3) is 2.99. The summed E-state index contributed by atoms with van der Waals surface area (Å²) in [4.78, 5) is 19.0. The first-order valence-corrected chi connectivity index (χ1v) is 8.51. The molecule has 5 nitrogen and oxygen atoms in total. The van der Waals surface area contributed by atoms with E-state index in [0.717, 1.165) is 37.3 Å². The quantitative estimate of drug-likeness (QED) is 0.943. The normalized spacial score (nSPS) is 17.6. The zero-order valence-electron chi connectivity index (χ0n) is 13.6. The van der Waals surface area contributed by atoms with E-state index in [9.17, 15) is 4.79 Å². The van der Waals surface area contributed by atoms with Crippen LogP contribution < -0.4 is 10.2 Å². The molecular weight excluding hydrogens is 302 g/mol. The van der Waals surface area contributed by atoms with Crippen LogP contribution in [0.2, 0.25) is 0 Å². The Balaban J connectivity index is 1.44. The van der Waals surface area contributed by atoms with Crippen molar-refractivity contribution in [1.82, 2.24) is 4.98 Å². The van der Waals surface area contributed by atoms with Crippen LogP contribution in [0.5, 0.6) is 0 Å². The molecule has 1 aromatic carbocycles. The number of hydrogen-bond acceptors (Lipinski definition) is 4. The largest absolute Gasteiger partial charge is 0.381 e. The van der Waals surface area contributed by atoms with E-state index in [1.54, 1.807) is 6.20 Å². The van der Waals surface area contributed by atoms with Gasteiger partial charge in [-0.3, -0.25) is 4.79 Å². The lowest BCUT2D eigenvalue weighted by atomic mass is 9.99. The van der Waals surface area contributed by atoms with Crippen molar-refractivity contribution in [2.75, 3.05) is 30.0 Å². The lowest BCUT2D eigenvalue weighted by Crippen LogP contribution is -2.28. The lowest BCUT2D eigenvalue weighted by molar-refractivity contribution is -0.122. The summed E-state index contributed by atoms with van der Waals surface area (Å²) >= 11 is 0. The smallest absolute Gasteiger partial charge is 0.227 e. The van der Waals surface area contributed by atoms with Gasteiger partial charge in [-0.15, -0.1) is 0 Å². The fourth-order valence-corrected chi connectivity index (χ4v) is 3.40. The molecule has 2 aromatic rings. The maximum Gasteiger partial charge on any atom is 0.227 e. The molecule has 1 saturated heterocycles. The number of nitrogens with one attached hydrogen (secondary N) is 1. The highest BCUT2D eigenvalue weighted by Crippen LogP contribution is 2.33. The predicted octanol–water partition coefficient (Wildman–Crippen LogP) is 3.14. The Labute approximate surface area is 141 Å². The van der Waals surface area contributed by atoms with E-state index in [1.165, 1.54) is 11.3 Å². The second-order valence-electron chi connectivity index (χ2n) is 6.31. The third-order valence-corrected chi connectivity index (χ3v) is 4.77. The number of ether oxygens (including phenoxy) is 1. The van der Waals surface area contributed by atoms with E-state index in [4.69, 9.17) is 4.74 Å². The number of fused-ring (bicyclic) bond motifs is 1. The van der Waals surface area contributed by atoms with Gasteiger partial charge < -0.3 is 15.0 Å². The van der Waals surface area contributed by atoms with E-state index in [-0.39, 0.29) is 11.8 Å². The molecule has 0 unspecified atom stereocenters. The molecule has 2 aliphatic heterocycles. The van der Waals surface area contributed by atoms with Crippen LogP contribution >= 0.6 is 0 Å². The first-order chi connectivity index (χ1) is 11.8. The average molecular weight is 323 g/mol. The van der Waals surface area contributed by atoms with E-state index in [0.29, 0.717) is 13.2 Å². The molecule has 24 heavy (non-hydrogen) atoms. The summed E-state index contributed by atoms with van der Waals surface area (Å²) in [5.74, 6) is 1.03. The summed E-state index contributed by atoms with van der Waals surface area (Å²) in [6, 6.07) is 12.3. The molecule has 4 rings (SSSR count). The molecule has 0 aliphatic carbocycles. The summed E-state index contributed by atoms with van der Waals surface area (Å²) in [6.45, 7) is 2.29. The topological polar surface area (TPSA) is 54.5 Å². The minimum Gasteiger partial charge on any atom is -0.381 e. The van der Waals surface area contributed by atoms with Gasteiger partial charge in [0.25, 0.3) is 0 Å². The van der Waals surface area contributed by atoms with Crippen molar-refractivity contribution >= 4 is 23.1 Å². The van der Waals surface area contributed by atoms with Gasteiger partial charge in [0.2, 0.25) is 5.91 Å². The summed E-state index contributed by atoms with van der Waals surface area (Å²) in [7, 11) is 0. The van der Waals surface area contributed by atoms with Gasteiger partial charge in [0.05, 0.1) is 11.9 Å². The van der Waals surface area contributed by atoms with Gasteiger partial charge >= 0.3 is 0 Å². The fourth-order valence-electron chi connectivity index (χ4n) is 3.40. The first kappa shape index (κ1) is 15.1. The van der Waals surface area contributed by atoms with Gasteiger partial charge in [0.1, 0.15) is 5.82 Å². The van der Waals surface area contributed by atoms with Crippen molar-refractivity contribution in [3.8, 4) is 0 Å². The monoisotopic (exact) mass is 323 g/mol. The summed E-state index contributed by atoms with van der Waals surface area (Å²) in [5, 5.41) is 2.97. The van der Waals surface area contributed by atoms with E-state index in [1.807, 2.05) is 12.1 Å². The molecule has 124 valence electrons. The molecule has 1 N–H and O–H groups in total. The number of carbonyl (C=O) groups excluding carboxylic acids is 1. The van der Waals surface area contributed by atoms with Crippen molar-refractivity contribution < 1.29 is 9.53 Å². The van der Waals surface area contributed by atoms with Gasteiger partial charge in [-0.2, -0.15) is 0 Å². The Morgan fingerprint density at radius 2 is 2.00 bits per heavy atom. The number of para-hydroxylation sites is 1. The van der Waals surface area contributed by atoms with Crippen molar-refractivity contribution in [3.63, 3.8) is 0 Å². The Bertz CT molecular complexity index is 724. The van der Waals surface area contributed by atoms with Crippen molar-refractivity contribution in [1.29, 1.82) is 0 Å². The van der Waals surface area contributed by atoms with Gasteiger partial charge in [0, 0.05) is 31.4 Å². The predicted molar refractivity (Wildman–Crippen MR) is 93.6 cm³/mol. The maximum atomic E-state index is 12.3. The molecule has 1 amide bonds. The number of benzene rings is 1. The minimum atomic E-state index is 0.0453. The standard InChI is InChI=1S/C19H21N3O2/c23-19(15-8-11-24-12-9-15)21-16-5-6-18(20-13-16)22-10-7-14-3-1-2-4-17(14)22/h1-6,13,15H,7-12H2,(H,21,23). The van der Waals surface area contributed by atoms with E-state index in [2.05, 4.69) is 39.5 Å². The van der Waals surface area contributed by atoms with Crippen LogP contribution in [0.4, 0.5) is 17.2 Å². The molecule has 1 fully saturated rings. The number of amides is 1. The van der Waals surface area contributed by atoms with Crippen LogP contribution in [-0.2, 0) is 16.0 Å². The highest BCUT2D eigenvalue weighted by molar-refractivity contribution is 5.92. The Hall–Kier alpha value is -2.40. The Morgan fingerprint density at radius 1 is 1.17 bits per heavy atom. The SMILES string of the molecule is O=C(Nc1ccc(N2CCc3ccccc32)nc1)C1CCOCC1. The van der Waals surface area contributed by atoms with Crippen LogP contribution in [-0.4, -0.2) is 30.6 Å². The molecule has 1 aromatic heterocycles. The van der Waals surface area contributed by atoms with Crippen LogP contribution in [0.15, 0.2) is 42.6 Å². The number of carbonyl (C=O) groups is 1. The molecular formula is C19H21N3O2. The molecule has 0 spiro atoms. The van der Waals surface area contributed by atoms with Crippen molar-refractivity contribution in [2.24, 2.45) is 5.92 Å². The maximum absolute atomic E-state index is 12.3. The lowest BCUT2D eigenvalue weighted by Gasteiger charge is -2.21. The Morgan fingerprint density at radius 3 is 2.79 bits per heavy atom. The van der Waals surface area contributed by atoms with Crippen molar-refractivity contribution in [3.05, 3.63) is 48.2 Å². The minimum absolute atomic E-state index is 0.0453. The molecule has 0 saturated carbocycles. The third-order valence-electron chi connectivity index (χ3n) is 4.77. The van der Waals surface area contributed by atoms with E-state index < -0.39 is 0 Å². The van der Waals surface area contributed by atoms with Crippen LogP contribution in [0.3, 0.4) is 0 Å². The summed E-state index contributed by atoms with van der Waals surface area (Å²) in [6.07, 6.45) is 4.37. The highest BCUT2D eigenvalue weighted by atomic mass is 16.5. The summed E-state index contributed by atoms with van der Waals surface area (Å²) < 4.78 is 5.30. The number of nitrogens with zero attached hydrogens (tertiary/aromatic N) is 2. The number of hydrogen-bond donors (Lipinski definition) is 1. The second-order valence-corrected chi connectivity index (χ2v) is 6.31.